The summed E-state index contributed by atoms with van der Waals surface area (Å²) < 4.78 is 0. The van der Waals surface area contributed by atoms with E-state index in [1.54, 1.807) is 12.1 Å². The fraction of sp³-hybridized carbons (Fsp3) is 0.455. The van der Waals surface area contributed by atoms with Gasteiger partial charge in [0.1, 0.15) is 5.75 Å². The third-order valence-electron chi connectivity index (χ3n) is 4.41. The standard InChI is InChI=1S/C22H30O/c1-5-6-7-8-10-17-11-9-12-20(22(2,3)4)21(17)18-13-15-19(23)16-14-18/h9,11-16,23H,5-8,10H2,1-4H3. The van der Waals surface area contributed by atoms with Gasteiger partial charge in [-0.25, -0.2) is 0 Å². The second-order valence-electron chi connectivity index (χ2n) is 7.45. The number of phenols is 1. The molecule has 2 aromatic carbocycles. The Morgan fingerprint density at radius 2 is 1.57 bits per heavy atom. The molecule has 0 aliphatic carbocycles. The number of hydrogen-bond donors (Lipinski definition) is 1. The van der Waals surface area contributed by atoms with Crippen LogP contribution in [0.15, 0.2) is 42.5 Å². The van der Waals surface area contributed by atoms with Gasteiger partial charge in [-0.15, -0.1) is 0 Å². The van der Waals surface area contributed by atoms with Crippen LogP contribution in [0.3, 0.4) is 0 Å². The summed E-state index contributed by atoms with van der Waals surface area (Å²) in [6.45, 7) is 9.06. The Morgan fingerprint density at radius 1 is 0.870 bits per heavy atom. The summed E-state index contributed by atoms with van der Waals surface area (Å²) in [4.78, 5) is 0. The maximum absolute atomic E-state index is 9.60. The highest BCUT2D eigenvalue weighted by atomic mass is 16.3. The first-order valence-corrected chi connectivity index (χ1v) is 8.85. The number of unbranched alkanes of at least 4 members (excludes halogenated alkanes) is 3. The first kappa shape index (κ1) is 17.6. The van der Waals surface area contributed by atoms with E-state index in [2.05, 4.69) is 45.9 Å². The molecule has 0 aliphatic heterocycles. The minimum atomic E-state index is 0.104. The summed E-state index contributed by atoms with van der Waals surface area (Å²) >= 11 is 0. The normalized spacial score (nSPS) is 11.7. The second kappa shape index (κ2) is 7.68. The molecule has 0 amide bonds. The van der Waals surface area contributed by atoms with Crippen LogP contribution in [0.1, 0.15) is 64.5 Å². The van der Waals surface area contributed by atoms with E-state index >= 15 is 0 Å². The van der Waals surface area contributed by atoms with Gasteiger partial charge < -0.3 is 5.11 Å². The van der Waals surface area contributed by atoms with E-state index in [1.165, 1.54) is 47.9 Å². The summed E-state index contributed by atoms with van der Waals surface area (Å²) in [7, 11) is 0. The minimum absolute atomic E-state index is 0.104. The molecule has 0 saturated carbocycles. The van der Waals surface area contributed by atoms with Crippen LogP contribution < -0.4 is 0 Å². The van der Waals surface area contributed by atoms with Crippen molar-refractivity contribution in [3.8, 4) is 16.9 Å². The summed E-state index contributed by atoms with van der Waals surface area (Å²) in [5.74, 6) is 0.325. The number of aromatic hydroxyl groups is 1. The van der Waals surface area contributed by atoms with Crippen LogP contribution in [0.5, 0.6) is 5.75 Å². The molecule has 2 rings (SSSR count). The third-order valence-corrected chi connectivity index (χ3v) is 4.41. The third kappa shape index (κ3) is 4.60. The Labute approximate surface area is 141 Å². The van der Waals surface area contributed by atoms with Crippen molar-refractivity contribution >= 4 is 0 Å². The van der Waals surface area contributed by atoms with Crippen molar-refractivity contribution < 1.29 is 5.11 Å². The Hall–Kier alpha value is -1.76. The number of hydrogen-bond acceptors (Lipinski definition) is 1. The molecule has 23 heavy (non-hydrogen) atoms. The van der Waals surface area contributed by atoms with Crippen LogP contribution in [0, 0.1) is 0 Å². The van der Waals surface area contributed by atoms with E-state index in [0.29, 0.717) is 5.75 Å². The van der Waals surface area contributed by atoms with Gasteiger partial charge in [-0.05, 0) is 52.6 Å². The minimum Gasteiger partial charge on any atom is -0.508 e. The first-order valence-electron chi connectivity index (χ1n) is 8.85. The van der Waals surface area contributed by atoms with Gasteiger partial charge in [-0.1, -0.05) is 77.3 Å². The molecule has 0 atom stereocenters. The number of rotatable bonds is 6. The lowest BCUT2D eigenvalue weighted by atomic mass is 9.79. The fourth-order valence-corrected chi connectivity index (χ4v) is 3.14. The summed E-state index contributed by atoms with van der Waals surface area (Å²) in [6.07, 6.45) is 6.25. The predicted octanol–water partition coefficient (Wildman–Crippen LogP) is 6.48. The topological polar surface area (TPSA) is 20.2 Å². The summed E-state index contributed by atoms with van der Waals surface area (Å²) in [5.41, 5.74) is 5.48. The Balaban J connectivity index is 2.43. The largest absolute Gasteiger partial charge is 0.508 e. The van der Waals surface area contributed by atoms with Crippen LogP contribution >= 0.6 is 0 Å². The zero-order chi connectivity index (χ0) is 16.9. The van der Waals surface area contributed by atoms with Crippen LogP contribution in [0.4, 0.5) is 0 Å². The quantitative estimate of drug-likeness (QED) is 0.605. The lowest BCUT2D eigenvalue weighted by Crippen LogP contribution is -2.14. The van der Waals surface area contributed by atoms with Crippen LogP contribution in [-0.2, 0) is 11.8 Å². The van der Waals surface area contributed by atoms with Gasteiger partial charge in [0.15, 0.2) is 0 Å². The molecular formula is C22H30O. The van der Waals surface area contributed by atoms with Crippen molar-refractivity contribution in [1.82, 2.24) is 0 Å². The van der Waals surface area contributed by atoms with Gasteiger partial charge in [-0.2, -0.15) is 0 Å². The van der Waals surface area contributed by atoms with Crippen molar-refractivity contribution in [3.63, 3.8) is 0 Å². The number of phenolic OH excluding ortho intramolecular Hbond substituents is 1. The van der Waals surface area contributed by atoms with Gasteiger partial charge in [0.05, 0.1) is 0 Å². The maximum Gasteiger partial charge on any atom is 0.115 e. The van der Waals surface area contributed by atoms with Crippen LogP contribution in [-0.4, -0.2) is 5.11 Å². The first-order chi connectivity index (χ1) is 10.9. The monoisotopic (exact) mass is 310 g/mol. The average Bonchev–Trinajstić information content (AvgIpc) is 2.51. The highest BCUT2D eigenvalue weighted by Gasteiger charge is 2.20. The Bertz CT molecular complexity index is 617. The van der Waals surface area contributed by atoms with Crippen molar-refractivity contribution in [1.29, 1.82) is 0 Å². The van der Waals surface area contributed by atoms with Gasteiger partial charge in [0, 0.05) is 0 Å². The summed E-state index contributed by atoms with van der Waals surface area (Å²) in [5, 5.41) is 9.60. The number of benzene rings is 2. The molecule has 0 radical (unpaired) electrons. The van der Waals surface area contributed by atoms with E-state index in [-0.39, 0.29) is 5.41 Å². The highest BCUT2D eigenvalue weighted by molar-refractivity contribution is 5.73. The number of aryl methyl sites for hydroxylation is 1. The zero-order valence-electron chi connectivity index (χ0n) is 15.0. The van der Waals surface area contributed by atoms with E-state index in [4.69, 9.17) is 0 Å². The zero-order valence-corrected chi connectivity index (χ0v) is 15.0. The van der Waals surface area contributed by atoms with Crippen LogP contribution in [0.2, 0.25) is 0 Å². The van der Waals surface area contributed by atoms with E-state index < -0.39 is 0 Å². The molecule has 0 saturated heterocycles. The van der Waals surface area contributed by atoms with E-state index in [0.717, 1.165) is 6.42 Å². The molecule has 1 N–H and O–H groups in total. The van der Waals surface area contributed by atoms with Gasteiger partial charge in [0.25, 0.3) is 0 Å². The highest BCUT2D eigenvalue weighted by Crippen LogP contribution is 2.36. The predicted molar refractivity (Wildman–Crippen MR) is 100 cm³/mol. The molecule has 0 fully saturated rings. The SMILES string of the molecule is CCCCCCc1cccc(C(C)(C)C)c1-c1ccc(O)cc1. The van der Waals surface area contributed by atoms with E-state index in [9.17, 15) is 5.11 Å². The molecule has 0 unspecified atom stereocenters. The molecule has 0 aliphatic rings. The second-order valence-corrected chi connectivity index (χ2v) is 7.45. The molecule has 1 heteroatoms. The maximum atomic E-state index is 9.60. The van der Waals surface area contributed by atoms with Gasteiger partial charge in [-0.3, -0.25) is 0 Å². The summed E-state index contributed by atoms with van der Waals surface area (Å²) in [6, 6.07) is 14.4. The van der Waals surface area contributed by atoms with Crippen molar-refractivity contribution in [2.75, 3.05) is 0 Å². The lowest BCUT2D eigenvalue weighted by Gasteiger charge is -2.25. The Morgan fingerprint density at radius 3 is 2.17 bits per heavy atom. The molecule has 124 valence electrons. The van der Waals surface area contributed by atoms with Crippen LogP contribution in [0.25, 0.3) is 11.1 Å². The fourth-order valence-electron chi connectivity index (χ4n) is 3.14. The molecule has 0 aromatic heterocycles. The molecule has 0 bridgehead atoms. The molecule has 0 heterocycles. The van der Waals surface area contributed by atoms with E-state index in [1.807, 2.05) is 12.1 Å². The molecule has 1 nitrogen and oxygen atoms in total. The lowest BCUT2D eigenvalue weighted by molar-refractivity contribution is 0.475. The smallest absolute Gasteiger partial charge is 0.115 e. The average molecular weight is 310 g/mol. The van der Waals surface area contributed by atoms with Crippen molar-refractivity contribution in [3.05, 3.63) is 53.6 Å². The Kier molecular flexibility index (Phi) is 5.87. The van der Waals surface area contributed by atoms with Crippen molar-refractivity contribution in [2.45, 2.75) is 65.2 Å². The molecule has 2 aromatic rings. The molecule has 0 spiro atoms. The molecular weight excluding hydrogens is 280 g/mol. The van der Waals surface area contributed by atoms with Gasteiger partial charge in [0.2, 0.25) is 0 Å². The van der Waals surface area contributed by atoms with Gasteiger partial charge >= 0.3 is 0 Å². The van der Waals surface area contributed by atoms with Crippen molar-refractivity contribution in [2.24, 2.45) is 0 Å².